The summed E-state index contributed by atoms with van der Waals surface area (Å²) >= 11 is 0. The van der Waals surface area contributed by atoms with Crippen LogP contribution < -0.4 is 5.32 Å². The zero-order chi connectivity index (χ0) is 5.70. The Balaban J connectivity index is 2.83. The molecule has 0 radical (unpaired) electrons. The van der Waals surface area contributed by atoms with Gasteiger partial charge in [-0.2, -0.15) is 0 Å². The summed E-state index contributed by atoms with van der Waals surface area (Å²) in [4.78, 5) is 0. The van der Waals surface area contributed by atoms with Gasteiger partial charge in [-0.05, 0) is 26.8 Å². The predicted octanol–water partition coefficient (Wildman–Crippen LogP) is 0.903. The highest BCUT2D eigenvalue weighted by Gasteiger charge is 1.90. The van der Waals surface area contributed by atoms with Crippen LogP contribution in [0, 0.1) is 0 Å². The Morgan fingerprint density at radius 2 is 2.29 bits per heavy atom. The summed E-state index contributed by atoms with van der Waals surface area (Å²) in [6, 6.07) is 0.711. The first kappa shape index (κ1) is 7.39. The molecule has 0 heterocycles. The van der Waals surface area contributed by atoms with Crippen LogP contribution in [0.5, 0.6) is 0 Å². The second-order valence-electron chi connectivity index (χ2n) is 1.75. The molecule has 0 aliphatic carbocycles. The van der Waals surface area contributed by atoms with Crippen molar-refractivity contribution >= 4 is 8.58 Å². The first-order valence-corrected chi connectivity index (χ1v) is 4.33. The highest BCUT2D eigenvalue weighted by molar-refractivity contribution is 7.37. The topological polar surface area (TPSA) is 12.0 Å². The summed E-state index contributed by atoms with van der Waals surface area (Å²) < 4.78 is 0. The fourth-order valence-corrected chi connectivity index (χ4v) is 1.22. The van der Waals surface area contributed by atoms with E-state index in [1.54, 1.807) is 0 Å². The summed E-state index contributed by atoms with van der Waals surface area (Å²) in [6.45, 7) is 4.43. The fraction of sp³-hybridized carbons (Fsp3) is 1.00. The fourth-order valence-electron chi connectivity index (χ4n) is 0.408. The summed E-state index contributed by atoms with van der Waals surface area (Å²) in [7, 11) is 3.09. The number of nitrogens with one attached hydrogen (secondary N) is 1. The second kappa shape index (κ2) is 4.55. The molecule has 0 rings (SSSR count). The zero-order valence-corrected chi connectivity index (χ0v) is 6.28. The number of rotatable bonds is 3. The molecule has 44 valence electrons. The third kappa shape index (κ3) is 4.24. The van der Waals surface area contributed by atoms with Crippen LogP contribution in [0.15, 0.2) is 0 Å². The maximum absolute atomic E-state index is 3.17. The van der Waals surface area contributed by atoms with Crippen molar-refractivity contribution in [2.24, 2.45) is 0 Å². The van der Waals surface area contributed by atoms with Gasteiger partial charge in [-0.15, -0.1) is 8.58 Å². The van der Waals surface area contributed by atoms with E-state index in [0.29, 0.717) is 6.04 Å². The van der Waals surface area contributed by atoms with E-state index in [9.17, 15) is 0 Å². The van der Waals surface area contributed by atoms with Gasteiger partial charge in [-0.25, -0.2) is 0 Å². The highest BCUT2D eigenvalue weighted by atomic mass is 31.1. The molecular weight excluding hydrogens is 105 g/mol. The molecule has 0 saturated heterocycles. The van der Waals surface area contributed by atoms with E-state index in [1.165, 1.54) is 6.16 Å². The maximum atomic E-state index is 3.17. The lowest BCUT2D eigenvalue weighted by Gasteiger charge is -2.05. The molecule has 0 aromatic rings. The lowest BCUT2D eigenvalue weighted by molar-refractivity contribution is 0.676. The SMILES string of the molecule is CN[C@H](C)CPC. The second-order valence-corrected chi connectivity index (χ2v) is 2.86. The summed E-state index contributed by atoms with van der Waals surface area (Å²) in [5.41, 5.74) is 0. The standard InChI is InChI=1S/C5H14NP/c1-5(6-2)4-7-3/h5-7H,4H2,1-3H3/t5-/m1/s1. The zero-order valence-electron chi connectivity index (χ0n) is 5.28. The van der Waals surface area contributed by atoms with Gasteiger partial charge in [0.1, 0.15) is 0 Å². The molecule has 2 heteroatoms. The van der Waals surface area contributed by atoms with E-state index in [4.69, 9.17) is 0 Å². The van der Waals surface area contributed by atoms with Crippen LogP contribution in [0.4, 0.5) is 0 Å². The number of hydrogen-bond acceptors (Lipinski definition) is 1. The van der Waals surface area contributed by atoms with Gasteiger partial charge >= 0.3 is 0 Å². The van der Waals surface area contributed by atoms with Gasteiger partial charge in [-0.1, -0.05) is 0 Å². The molecule has 1 unspecified atom stereocenters. The van der Waals surface area contributed by atoms with Gasteiger partial charge in [0.25, 0.3) is 0 Å². The summed E-state index contributed by atoms with van der Waals surface area (Å²) in [5.74, 6) is 0. The molecule has 1 N–H and O–H groups in total. The monoisotopic (exact) mass is 119 g/mol. The van der Waals surface area contributed by atoms with Crippen molar-refractivity contribution in [1.29, 1.82) is 0 Å². The molecule has 0 amide bonds. The Bertz CT molecular complexity index is 39.1. The van der Waals surface area contributed by atoms with Crippen molar-refractivity contribution in [2.75, 3.05) is 19.9 Å². The molecule has 0 saturated carbocycles. The Hall–Kier alpha value is 0.390. The van der Waals surface area contributed by atoms with E-state index in [-0.39, 0.29) is 0 Å². The molecule has 0 aliphatic rings. The average molecular weight is 119 g/mol. The molecule has 0 fully saturated rings. The van der Waals surface area contributed by atoms with Crippen LogP contribution in [0.25, 0.3) is 0 Å². The van der Waals surface area contributed by atoms with Gasteiger partial charge in [-0.3, -0.25) is 0 Å². The third-order valence-electron chi connectivity index (χ3n) is 1.00. The molecule has 2 atom stereocenters. The van der Waals surface area contributed by atoms with E-state index in [2.05, 4.69) is 18.9 Å². The first-order valence-electron chi connectivity index (χ1n) is 2.63. The quantitative estimate of drug-likeness (QED) is 0.544. The minimum atomic E-state index is 0.711. The van der Waals surface area contributed by atoms with E-state index < -0.39 is 0 Å². The Morgan fingerprint density at radius 1 is 1.71 bits per heavy atom. The molecule has 0 aromatic carbocycles. The van der Waals surface area contributed by atoms with Crippen molar-refractivity contribution in [3.8, 4) is 0 Å². The van der Waals surface area contributed by atoms with Crippen LogP contribution in [-0.2, 0) is 0 Å². The van der Waals surface area contributed by atoms with Crippen molar-refractivity contribution < 1.29 is 0 Å². The van der Waals surface area contributed by atoms with E-state index in [0.717, 1.165) is 8.58 Å². The van der Waals surface area contributed by atoms with Crippen molar-refractivity contribution in [1.82, 2.24) is 5.32 Å². The van der Waals surface area contributed by atoms with Gasteiger partial charge in [0, 0.05) is 6.04 Å². The van der Waals surface area contributed by atoms with Crippen LogP contribution >= 0.6 is 8.58 Å². The lowest BCUT2D eigenvalue weighted by Crippen LogP contribution is -2.22. The highest BCUT2D eigenvalue weighted by Crippen LogP contribution is 2.02. The smallest absolute Gasteiger partial charge is 0.00725 e. The minimum absolute atomic E-state index is 0.711. The minimum Gasteiger partial charge on any atom is -0.317 e. The Morgan fingerprint density at radius 3 is 2.43 bits per heavy atom. The normalized spacial score (nSPS) is 15.9. The van der Waals surface area contributed by atoms with Crippen LogP contribution in [0.2, 0.25) is 0 Å². The van der Waals surface area contributed by atoms with E-state index in [1.807, 2.05) is 7.05 Å². The lowest BCUT2D eigenvalue weighted by atomic mass is 10.4. The van der Waals surface area contributed by atoms with E-state index >= 15 is 0 Å². The molecular formula is C5H14NP. The van der Waals surface area contributed by atoms with Crippen molar-refractivity contribution in [3.05, 3.63) is 0 Å². The molecule has 0 aromatic heterocycles. The summed E-state index contributed by atoms with van der Waals surface area (Å²) in [6.07, 6.45) is 1.32. The van der Waals surface area contributed by atoms with Crippen LogP contribution in [-0.4, -0.2) is 25.9 Å². The van der Waals surface area contributed by atoms with Gasteiger partial charge in [0.15, 0.2) is 0 Å². The van der Waals surface area contributed by atoms with Crippen LogP contribution in [0.3, 0.4) is 0 Å². The Labute approximate surface area is 47.7 Å². The van der Waals surface area contributed by atoms with Gasteiger partial charge < -0.3 is 5.32 Å². The van der Waals surface area contributed by atoms with Gasteiger partial charge in [0.2, 0.25) is 0 Å². The average Bonchev–Trinajstić information content (AvgIpc) is 1.68. The Kier molecular flexibility index (Phi) is 4.80. The predicted molar refractivity (Wildman–Crippen MR) is 37.6 cm³/mol. The molecule has 0 spiro atoms. The molecule has 0 aliphatic heterocycles. The van der Waals surface area contributed by atoms with Crippen molar-refractivity contribution in [2.45, 2.75) is 13.0 Å². The largest absolute Gasteiger partial charge is 0.317 e. The van der Waals surface area contributed by atoms with Gasteiger partial charge in [0.05, 0.1) is 0 Å². The molecule has 0 bridgehead atoms. The summed E-state index contributed by atoms with van der Waals surface area (Å²) in [5, 5.41) is 3.17. The number of hydrogen-bond donors (Lipinski definition) is 1. The molecule has 1 nitrogen and oxygen atoms in total. The molecule has 7 heavy (non-hydrogen) atoms. The van der Waals surface area contributed by atoms with Crippen LogP contribution in [0.1, 0.15) is 6.92 Å². The third-order valence-corrected chi connectivity index (χ3v) is 2.02. The maximum Gasteiger partial charge on any atom is 0.00725 e. The van der Waals surface area contributed by atoms with Crippen molar-refractivity contribution in [3.63, 3.8) is 0 Å². The first-order chi connectivity index (χ1) is 3.31.